The van der Waals surface area contributed by atoms with Crippen LogP contribution in [0.1, 0.15) is 37.7 Å². The van der Waals surface area contributed by atoms with Gasteiger partial charge < -0.3 is 5.32 Å². The lowest BCUT2D eigenvalue weighted by molar-refractivity contribution is -0.128. The van der Waals surface area contributed by atoms with E-state index >= 15 is 0 Å². The second kappa shape index (κ2) is 6.40. The third kappa shape index (κ3) is 3.40. The summed E-state index contributed by atoms with van der Waals surface area (Å²) in [6.45, 7) is 3.13. The van der Waals surface area contributed by atoms with Crippen molar-refractivity contribution in [2.45, 2.75) is 44.7 Å². The summed E-state index contributed by atoms with van der Waals surface area (Å²) in [5, 5.41) is 3.26. The minimum atomic E-state index is 0.294. The topological polar surface area (TPSA) is 32.3 Å². The van der Waals surface area contributed by atoms with Crippen LogP contribution in [-0.4, -0.2) is 29.9 Å². The van der Waals surface area contributed by atoms with Crippen LogP contribution in [0.4, 0.5) is 0 Å². The van der Waals surface area contributed by atoms with E-state index in [9.17, 15) is 4.79 Å². The minimum absolute atomic E-state index is 0.294. The highest BCUT2D eigenvalue weighted by molar-refractivity contribution is 5.79. The Hall–Kier alpha value is -1.35. The number of rotatable bonds is 4. The maximum absolute atomic E-state index is 12.0. The third-order valence-corrected chi connectivity index (χ3v) is 4.58. The fourth-order valence-electron chi connectivity index (χ4n) is 3.15. The van der Waals surface area contributed by atoms with Gasteiger partial charge in [0, 0.05) is 25.0 Å². The number of amides is 1. The van der Waals surface area contributed by atoms with Crippen LogP contribution in [-0.2, 0) is 11.3 Å². The molecule has 1 atom stereocenters. The predicted molar refractivity (Wildman–Crippen MR) is 80.2 cm³/mol. The van der Waals surface area contributed by atoms with Gasteiger partial charge in [0.05, 0.1) is 0 Å². The van der Waals surface area contributed by atoms with Crippen molar-refractivity contribution in [2.75, 3.05) is 13.1 Å². The molecule has 1 saturated heterocycles. The monoisotopic (exact) mass is 272 g/mol. The van der Waals surface area contributed by atoms with Crippen molar-refractivity contribution in [3.8, 4) is 0 Å². The van der Waals surface area contributed by atoms with Gasteiger partial charge in [0.25, 0.3) is 0 Å². The van der Waals surface area contributed by atoms with E-state index in [1.807, 2.05) is 0 Å². The Bertz CT molecular complexity index is 442. The summed E-state index contributed by atoms with van der Waals surface area (Å²) in [5.41, 5.74) is 1.36. The van der Waals surface area contributed by atoms with Crippen LogP contribution < -0.4 is 5.32 Å². The number of piperidine rings is 1. The number of carbonyl (C=O) groups excluding carboxylic acids is 1. The molecule has 1 saturated carbocycles. The first kappa shape index (κ1) is 13.6. The highest BCUT2D eigenvalue weighted by Gasteiger charge is 2.28. The standard InChI is InChI=1S/C17H24N2O/c20-17(15-8-4-9-15)18-16-10-5-11-19(13-16)12-14-6-2-1-3-7-14/h1-3,6-7,15-16H,4-5,8-13H2,(H,18,20). The SMILES string of the molecule is O=C(NC1CCCN(Cc2ccccc2)C1)C1CCC1. The quantitative estimate of drug-likeness (QED) is 0.913. The van der Waals surface area contributed by atoms with Crippen molar-refractivity contribution in [3.63, 3.8) is 0 Å². The van der Waals surface area contributed by atoms with Crippen molar-refractivity contribution in [1.82, 2.24) is 10.2 Å². The molecule has 2 aliphatic rings. The van der Waals surface area contributed by atoms with Gasteiger partial charge in [0.15, 0.2) is 0 Å². The van der Waals surface area contributed by atoms with Crippen LogP contribution in [0, 0.1) is 5.92 Å². The molecule has 3 rings (SSSR count). The van der Waals surface area contributed by atoms with Crippen molar-refractivity contribution in [2.24, 2.45) is 5.92 Å². The average molecular weight is 272 g/mol. The average Bonchev–Trinajstić information content (AvgIpc) is 2.38. The van der Waals surface area contributed by atoms with Gasteiger partial charge in [0.2, 0.25) is 5.91 Å². The van der Waals surface area contributed by atoms with Gasteiger partial charge >= 0.3 is 0 Å². The van der Waals surface area contributed by atoms with E-state index in [-0.39, 0.29) is 0 Å². The lowest BCUT2D eigenvalue weighted by Crippen LogP contribution is -2.49. The number of benzene rings is 1. The Balaban J connectivity index is 1.49. The van der Waals surface area contributed by atoms with Gasteiger partial charge in [-0.25, -0.2) is 0 Å². The zero-order valence-electron chi connectivity index (χ0n) is 12.1. The van der Waals surface area contributed by atoms with Crippen LogP contribution in [0.3, 0.4) is 0 Å². The highest BCUT2D eigenvalue weighted by atomic mass is 16.2. The van der Waals surface area contributed by atoms with E-state index in [0.717, 1.165) is 38.9 Å². The molecule has 0 aromatic heterocycles. The molecule has 3 heteroatoms. The summed E-state index contributed by atoms with van der Waals surface area (Å²) in [6.07, 6.45) is 5.72. The Morgan fingerprint density at radius 3 is 2.65 bits per heavy atom. The van der Waals surface area contributed by atoms with E-state index in [4.69, 9.17) is 0 Å². The lowest BCUT2D eigenvalue weighted by atomic mass is 9.84. The van der Waals surface area contributed by atoms with Crippen molar-refractivity contribution in [3.05, 3.63) is 35.9 Å². The summed E-state index contributed by atoms with van der Waals surface area (Å²) >= 11 is 0. The van der Waals surface area contributed by atoms with E-state index in [2.05, 4.69) is 40.5 Å². The summed E-state index contributed by atoms with van der Waals surface area (Å²) in [6, 6.07) is 10.9. The summed E-state index contributed by atoms with van der Waals surface area (Å²) in [4.78, 5) is 14.5. The fraction of sp³-hybridized carbons (Fsp3) is 0.588. The molecule has 20 heavy (non-hydrogen) atoms. The molecule has 0 spiro atoms. The zero-order valence-corrected chi connectivity index (χ0v) is 12.1. The molecule has 2 fully saturated rings. The number of nitrogens with zero attached hydrogens (tertiary/aromatic N) is 1. The van der Waals surface area contributed by atoms with E-state index in [1.165, 1.54) is 18.4 Å². The molecule has 1 aliphatic heterocycles. The number of carbonyl (C=O) groups is 1. The molecule has 108 valence electrons. The fourth-order valence-corrected chi connectivity index (χ4v) is 3.15. The van der Waals surface area contributed by atoms with Crippen LogP contribution in [0.15, 0.2) is 30.3 Å². The first-order valence-electron chi connectivity index (χ1n) is 7.88. The van der Waals surface area contributed by atoms with Gasteiger partial charge in [0.1, 0.15) is 0 Å². The molecule has 1 aliphatic carbocycles. The third-order valence-electron chi connectivity index (χ3n) is 4.58. The Kier molecular flexibility index (Phi) is 4.36. The molecule has 1 N–H and O–H groups in total. The number of hydrogen-bond acceptors (Lipinski definition) is 2. The normalized spacial score (nSPS) is 24.1. The van der Waals surface area contributed by atoms with Crippen molar-refractivity contribution >= 4 is 5.91 Å². The molecule has 0 bridgehead atoms. The smallest absolute Gasteiger partial charge is 0.223 e. The molecular formula is C17H24N2O. The second-order valence-electron chi connectivity index (χ2n) is 6.20. The van der Waals surface area contributed by atoms with E-state index in [0.29, 0.717) is 17.9 Å². The maximum Gasteiger partial charge on any atom is 0.223 e. The maximum atomic E-state index is 12.0. The Morgan fingerprint density at radius 2 is 1.95 bits per heavy atom. The van der Waals surface area contributed by atoms with Crippen LogP contribution in [0.5, 0.6) is 0 Å². The van der Waals surface area contributed by atoms with Crippen LogP contribution in [0.25, 0.3) is 0 Å². The van der Waals surface area contributed by atoms with Gasteiger partial charge in [-0.05, 0) is 37.8 Å². The number of hydrogen-bond donors (Lipinski definition) is 1. The molecular weight excluding hydrogens is 248 g/mol. The summed E-state index contributed by atoms with van der Waals surface area (Å²) in [5.74, 6) is 0.599. The van der Waals surface area contributed by atoms with Crippen molar-refractivity contribution < 1.29 is 4.79 Å². The number of likely N-dealkylation sites (tertiary alicyclic amines) is 1. The van der Waals surface area contributed by atoms with Gasteiger partial charge in [-0.1, -0.05) is 36.8 Å². The molecule has 1 amide bonds. The molecule has 1 heterocycles. The minimum Gasteiger partial charge on any atom is -0.352 e. The molecule has 0 radical (unpaired) electrons. The van der Waals surface area contributed by atoms with Gasteiger partial charge in [-0.2, -0.15) is 0 Å². The van der Waals surface area contributed by atoms with Crippen LogP contribution >= 0.6 is 0 Å². The predicted octanol–water partition coefficient (Wildman–Crippen LogP) is 2.57. The summed E-state index contributed by atoms with van der Waals surface area (Å²) in [7, 11) is 0. The molecule has 3 nitrogen and oxygen atoms in total. The van der Waals surface area contributed by atoms with Crippen molar-refractivity contribution in [1.29, 1.82) is 0 Å². The Morgan fingerprint density at radius 1 is 1.15 bits per heavy atom. The molecule has 1 aromatic carbocycles. The van der Waals surface area contributed by atoms with E-state index < -0.39 is 0 Å². The first-order chi connectivity index (χ1) is 9.81. The van der Waals surface area contributed by atoms with Gasteiger partial charge in [-0.3, -0.25) is 9.69 Å². The zero-order chi connectivity index (χ0) is 13.8. The molecule has 1 unspecified atom stereocenters. The van der Waals surface area contributed by atoms with Crippen LogP contribution in [0.2, 0.25) is 0 Å². The Labute approximate surface area is 121 Å². The van der Waals surface area contributed by atoms with Gasteiger partial charge in [-0.15, -0.1) is 0 Å². The number of nitrogens with one attached hydrogen (secondary N) is 1. The van der Waals surface area contributed by atoms with E-state index in [1.54, 1.807) is 0 Å². The highest BCUT2D eigenvalue weighted by Crippen LogP contribution is 2.26. The molecule has 1 aromatic rings. The largest absolute Gasteiger partial charge is 0.352 e. The first-order valence-corrected chi connectivity index (χ1v) is 7.88. The lowest BCUT2D eigenvalue weighted by Gasteiger charge is -2.35. The summed E-state index contributed by atoms with van der Waals surface area (Å²) < 4.78 is 0. The second-order valence-corrected chi connectivity index (χ2v) is 6.20.